The third-order valence-electron chi connectivity index (χ3n) is 4.97. The zero-order chi connectivity index (χ0) is 19.3. The molecule has 1 unspecified atom stereocenters. The molecule has 0 aliphatic carbocycles. The first-order valence-electron chi connectivity index (χ1n) is 9.37. The van der Waals surface area contributed by atoms with Gasteiger partial charge in [-0.05, 0) is 42.7 Å². The Morgan fingerprint density at radius 1 is 1.32 bits per heavy atom. The minimum atomic E-state index is 0.0564. The maximum atomic E-state index is 12.8. The molecule has 0 N–H and O–H groups in total. The van der Waals surface area contributed by atoms with Crippen molar-refractivity contribution in [2.24, 2.45) is 0 Å². The van der Waals surface area contributed by atoms with Crippen molar-refractivity contribution in [3.8, 4) is 17.1 Å². The Morgan fingerprint density at radius 3 is 3.07 bits per heavy atom. The van der Waals surface area contributed by atoms with Crippen LogP contribution in [0, 0.1) is 0 Å². The number of likely N-dealkylation sites (tertiary alicyclic amines) is 1. The zero-order valence-electron chi connectivity index (χ0n) is 15.7. The van der Waals surface area contributed by atoms with Gasteiger partial charge in [0.2, 0.25) is 17.6 Å². The summed E-state index contributed by atoms with van der Waals surface area (Å²) in [5.41, 5.74) is 1.77. The van der Waals surface area contributed by atoms with Crippen LogP contribution in [-0.2, 0) is 11.2 Å². The van der Waals surface area contributed by atoms with Crippen molar-refractivity contribution in [1.82, 2.24) is 20.0 Å². The predicted octanol–water partition coefficient (Wildman–Crippen LogP) is 3.09. The Morgan fingerprint density at radius 2 is 2.25 bits per heavy atom. The van der Waals surface area contributed by atoms with Crippen LogP contribution in [0.3, 0.4) is 0 Å². The maximum absolute atomic E-state index is 12.8. The smallest absolute Gasteiger partial charge is 0.231 e. The fourth-order valence-corrected chi connectivity index (χ4v) is 3.49. The monoisotopic (exact) mass is 378 g/mol. The number of rotatable bonds is 5. The van der Waals surface area contributed by atoms with Crippen LogP contribution in [-0.4, -0.2) is 46.1 Å². The van der Waals surface area contributed by atoms with Crippen LogP contribution in [0.15, 0.2) is 53.3 Å². The maximum Gasteiger partial charge on any atom is 0.231 e. The molecule has 1 atom stereocenters. The average Bonchev–Trinajstić information content (AvgIpc) is 3.25. The van der Waals surface area contributed by atoms with Gasteiger partial charge in [0, 0.05) is 31.0 Å². The van der Waals surface area contributed by atoms with E-state index in [2.05, 4.69) is 15.1 Å². The number of amides is 1. The Balaban J connectivity index is 1.43. The molecule has 1 aromatic carbocycles. The molecular formula is C21H22N4O3. The molecule has 7 heteroatoms. The number of hydrogen-bond acceptors (Lipinski definition) is 6. The minimum Gasteiger partial charge on any atom is -0.497 e. The molecule has 1 amide bonds. The highest BCUT2D eigenvalue weighted by molar-refractivity contribution is 5.79. The van der Waals surface area contributed by atoms with Crippen LogP contribution in [0.4, 0.5) is 0 Å². The third-order valence-corrected chi connectivity index (χ3v) is 4.97. The quantitative estimate of drug-likeness (QED) is 0.679. The number of carbonyl (C=O) groups excluding carboxylic acids is 1. The number of pyridine rings is 1. The van der Waals surface area contributed by atoms with Crippen molar-refractivity contribution in [2.75, 3.05) is 20.2 Å². The third kappa shape index (κ3) is 4.03. The topological polar surface area (TPSA) is 81.4 Å². The Labute approximate surface area is 163 Å². The van der Waals surface area contributed by atoms with E-state index >= 15 is 0 Å². The molecule has 2 aromatic heterocycles. The molecule has 1 aliphatic rings. The van der Waals surface area contributed by atoms with Crippen molar-refractivity contribution >= 4 is 5.91 Å². The predicted molar refractivity (Wildman–Crippen MR) is 103 cm³/mol. The van der Waals surface area contributed by atoms with E-state index in [9.17, 15) is 4.79 Å². The molecule has 1 aliphatic heterocycles. The van der Waals surface area contributed by atoms with Crippen molar-refractivity contribution in [3.05, 3.63) is 60.2 Å². The molecule has 1 fully saturated rings. The number of hydrogen-bond donors (Lipinski definition) is 0. The second-order valence-electron chi connectivity index (χ2n) is 6.91. The van der Waals surface area contributed by atoms with E-state index in [0.717, 1.165) is 36.3 Å². The summed E-state index contributed by atoms with van der Waals surface area (Å²) >= 11 is 0. The van der Waals surface area contributed by atoms with E-state index in [4.69, 9.17) is 9.26 Å². The van der Waals surface area contributed by atoms with Gasteiger partial charge in [-0.25, -0.2) is 0 Å². The molecule has 0 radical (unpaired) electrons. The summed E-state index contributed by atoms with van der Waals surface area (Å²) in [4.78, 5) is 23.3. The van der Waals surface area contributed by atoms with Crippen LogP contribution in [0.5, 0.6) is 5.75 Å². The zero-order valence-corrected chi connectivity index (χ0v) is 15.7. The number of ether oxygens (including phenoxy) is 1. The van der Waals surface area contributed by atoms with Gasteiger partial charge in [-0.2, -0.15) is 4.98 Å². The molecule has 3 heterocycles. The SMILES string of the molecule is COc1cccc(CC(=O)N2CCCC(c3nc(-c4cccnc4)no3)C2)c1. The number of piperidine rings is 1. The second kappa shape index (κ2) is 8.21. The number of nitrogens with zero attached hydrogens (tertiary/aromatic N) is 4. The van der Waals surface area contributed by atoms with E-state index < -0.39 is 0 Å². The first-order chi connectivity index (χ1) is 13.7. The lowest BCUT2D eigenvalue weighted by Gasteiger charge is -2.31. The van der Waals surface area contributed by atoms with Crippen molar-refractivity contribution < 1.29 is 14.1 Å². The fraction of sp³-hybridized carbons (Fsp3) is 0.333. The standard InChI is InChI=1S/C21H22N4O3/c1-27-18-8-2-5-15(11-18)12-19(26)25-10-4-7-17(14-25)21-23-20(24-28-21)16-6-3-9-22-13-16/h2-3,5-6,8-9,11,13,17H,4,7,10,12,14H2,1H3. The number of benzene rings is 1. The first kappa shape index (κ1) is 18.2. The summed E-state index contributed by atoms with van der Waals surface area (Å²) in [6, 6.07) is 11.4. The molecule has 1 saturated heterocycles. The van der Waals surface area contributed by atoms with Crippen LogP contribution in [0.1, 0.15) is 30.2 Å². The first-order valence-corrected chi connectivity index (χ1v) is 9.37. The van der Waals surface area contributed by atoms with Gasteiger partial charge in [-0.15, -0.1) is 0 Å². The van der Waals surface area contributed by atoms with Crippen LogP contribution in [0.25, 0.3) is 11.4 Å². The Hall–Kier alpha value is -3.22. The molecule has 0 bridgehead atoms. The molecule has 144 valence electrons. The van der Waals surface area contributed by atoms with Crippen LogP contribution >= 0.6 is 0 Å². The molecular weight excluding hydrogens is 356 g/mol. The second-order valence-corrected chi connectivity index (χ2v) is 6.91. The lowest BCUT2D eigenvalue weighted by molar-refractivity contribution is -0.131. The highest BCUT2D eigenvalue weighted by Crippen LogP contribution is 2.28. The van der Waals surface area contributed by atoms with Crippen molar-refractivity contribution in [2.45, 2.75) is 25.2 Å². The summed E-state index contributed by atoms with van der Waals surface area (Å²) < 4.78 is 10.7. The largest absolute Gasteiger partial charge is 0.497 e. The van der Waals surface area contributed by atoms with Crippen LogP contribution < -0.4 is 4.74 Å². The van der Waals surface area contributed by atoms with Crippen LogP contribution in [0.2, 0.25) is 0 Å². The van der Waals surface area contributed by atoms with E-state index in [1.54, 1.807) is 19.5 Å². The summed E-state index contributed by atoms with van der Waals surface area (Å²) in [6.07, 6.45) is 5.61. The van der Waals surface area contributed by atoms with Gasteiger partial charge in [0.1, 0.15) is 5.75 Å². The highest BCUT2D eigenvalue weighted by Gasteiger charge is 2.28. The molecule has 0 saturated carbocycles. The van der Waals surface area contributed by atoms with Crippen molar-refractivity contribution in [1.29, 1.82) is 0 Å². The lowest BCUT2D eigenvalue weighted by atomic mass is 9.97. The molecule has 7 nitrogen and oxygen atoms in total. The Kier molecular flexibility index (Phi) is 5.32. The fourth-order valence-electron chi connectivity index (χ4n) is 3.49. The molecule has 3 aromatic rings. The number of carbonyl (C=O) groups is 1. The van der Waals surface area contributed by atoms with Gasteiger partial charge < -0.3 is 14.2 Å². The number of aromatic nitrogens is 3. The highest BCUT2D eigenvalue weighted by atomic mass is 16.5. The molecule has 4 rings (SSSR count). The van der Waals surface area contributed by atoms with E-state index in [-0.39, 0.29) is 11.8 Å². The van der Waals surface area contributed by atoms with Gasteiger partial charge in [0.05, 0.1) is 19.4 Å². The molecule has 28 heavy (non-hydrogen) atoms. The summed E-state index contributed by atoms with van der Waals surface area (Å²) in [5.74, 6) is 2.03. The normalized spacial score (nSPS) is 16.8. The van der Waals surface area contributed by atoms with Crippen molar-refractivity contribution in [3.63, 3.8) is 0 Å². The average molecular weight is 378 g/mol. The van der Waals surface area contributed by atoms with Gasteiger partial charge in [-0.3, -0.25) is 9.78 Å². The van der Waals surface area contributed by atoms with Gasteiger partial charge >= 0.3 is 0 Å². The van der Waals surface area contributed by atoms with Gasteiger partial charge in [0.15, 0.2) is 0 Å². The summed E-state index contributed by atoms with van der Waals surface area (Å²) in [5, 5.41) is 4.07. The van der Waals surface area contributed by atoms with Gasteiger partial charge in [-0.1, -0.05) is 17.3 Å². The van der Waals surface area contributed by atoms with E-state index in [0.29, 0.717) is 24.7 Å². The minimum absolute atomic E-state index is 0.0564. The number of methoxy groups -OCH3 is 1. The Bertz CT molecular complexity index is 942. The lowest BCUT2D eigenvalue weighted by Crippen LogP contribution is -2.40. The summed E-state index contributed by atoms with van der Waals surface area (Å²) in [7, 11) is 1.63. The van der Waals surface area contributed by atoms with E-state index in [1.165, 1.54) is 0 Å². The molecule has 0 spiro atoms. The van der Waals surface area contributed by atoms with Gasteiger partial charge in [0.25, 0.3) is 0 Å². The summed E-state index contributed by atoms with van der Waals surface area (Å²) in [6.45, 7) is 1.35. The van der Waals surface area contributed by atoms with E-state index in [1.807, 2.05) is 41.3 Å².